The van der Waals surface area contributed by atoms with Gasteiger partial charge < -0.3 is 4.74 Å². The summed E-state index contributed by atoms with van der Waals surface area (Å²) >= 11 is 3.05. The Kier molecular flexibility index (Phi) is 3.91. The average molecular weight is 331 g/mol. The van der Waals surface area contributed by atoms with Crippen LogP contribution in [-0.2, 0) is 0 Å². The lowest BCUT2D eigenvalue weighted by Crippen LogP contribution is -2.11. The summed E-state index contributed by atoms with van der Waals surface area (Å²) in [6.07, 6.45) is 0. The molecule has 8 heteroatoms. The topological polar surface area (TPSA) is 73.1 Å². The second-order valence-corrected chi connectivity index (χ2v) is 4.53. The number of aromatic nitrogens is 2. The fourth-order valence-corrected chi connectivity index (χ4v) is 1.78. The Labute approximate surface area is 115 Å². The number of rotatable bonds is 3. The molecule has 0 radical (unpaired) electrons. The van der Waals surface area contributed by atoms with Gasteiger partial charge in [-0.1, -0.05) is 15.9 Å². The molecule has 1 aromatic heterocycles. The van der Waals surface area contributed by atoms with Gasteiger partial charge in [0.25, 0.3) is 0 Å². The van der Waals surface area contributed by atoms with Gasteiger partial charge in [0.2, 0.25) is 17.6 Å². The quantitative estimate of drug-likeness (QED) is 0.514. The first-order chi connectivity index (χ1) is 8.99. The van der Waals surface area contributed by atoms with Crippen molar-refractivity contribution in [3.63, 3.8) is 0 Å². The molecule has 5 nitrogen and oxygen atoms in total. The van der Waals surface area contributed by atoms with E-state index < -0.39 is 11.6 Å². The van der Waals surface area contributed by atoms with E-state index in [1.54, 1.807) is 6.92 Å². The predicted octanol–water partition coefficient (Wildman–Crippen LogP) is 2.90. The molecule has 0 amide bonds. The van der Waals surface area contributed by atoms with Gasteiger partial charge in [0.1, 0.15) is 0 Å². The zero-order chi connectivity index (χ0) is 14.0. The molecule has 100 valence electrons. The number of halogens is 3. The zero-order valence-electron chi connectivity index (χ0n) is 9.75. The highest BCUT2D eigenvalue weighted by molar-refractivity contribution is 9.10. The van der Waals surface area contributed by atoms with Gasteiger partial charge >= 0.3 is 0 Å². The van der Waals surface area contributed by atoms with E-state index in [0.29, 0.717) is 10.2 Å². The highest BCUT2D eigenvalue weighted by atomic mass is 79.9. The molecule has 0 aliphatic rings. The molecule has 1 heterocycles. The molecule has 1 aromatic carbocycles. The van der Waals surface area contributed by atoms with Crippen LogP contribution in [0.3, 0.4) is 0 Å². The normalized spacial score (nSPS) is 10.4. The van der Waals surface area contributed by atoms with Crippen LogP contribution in [-0.4, -0.2) is 9.97 Å². The standard InChI is InChI=1S/C11H9BrF2N4O/c1-5-2-9(17-11(16-5)18-15)19-8-4-6(12)3-7(13)10(8)14/h2-4H,15H2,1H3,(H,16,17,18). The molecular weight excluding hydrogens is 322 g/mol. The van der Waals surface area contributed by atoms with E-state index in [2.05, 4.69) is 31.3 Å². The summed E-state index contributed by atoms with van der Waals surface area (Å²) in [5.41, 5.74) is 2.82. The van der Waals surface area contributed by atoms with Crippen LogP contribution in [0.5, 0.6) is 11.6 Å². The van der Waals surface area contributed by atoms with Crippen LogP contribution in [0.4, 0.5) is 14.7 Å². The lowest BCUT2D eigenvalue weighted by molar-refractivity contribution is 0.404. The number of nitrogens with one attached hydrogen (secondary N) is 1. The van der Waals surface area contributed by atoms with E-state index in [1.165, 1.54) is 12.1 Å². The van der Waals surface area contributed by atoms with Crippen LogP contribution >= 0.6 is 15.9 Å². The average Bonchev–Trinajstić information content (AvgIpc) is 2.34. The van der Waals surface area contributed by atoms with Gasteiger partial charge in [-0.05, 0) is 19.1 Å². The first-order valence-corrected chi connectivity index (χ1v) is 5.93. The first kappa shape index (κ1) is 13.6. The minimum Gasteiger partial charge on any atom is -0.436 e. The summed E-state index contributed by atoms with van der Waals surface area (Å²) in [5, 5.41) is 0. The molecule has 19 heavy (non-hydrogen) atoms. The molecular formula is C11H9BrF2N4O. The number of hydrogen-bond donors (Lipinski definition) is 2. The molecule has 0 bridgehead atoms. The monoisotopic (exact) mass is 330 g/mol. The molecule has 2 rings (SSSR count). The van der Waals surface area contributed by atoms with Crippen molar-refractivity contribution in [2.45, 2.75) is 6.92 Å². The van der Waals surface area contributed by atoms with Crippen molar-refractivity contribution >= 4 is 21.9 Å². The molecule has 0 atom stereocenters. The van der Waals surface area contributed by atoms with Gasteiger partial charge in [-0.3, -0.25) is 5.43 Å². The number of ether oxygens (including phenoxy) is 1. The molecule has 0 saturated heterocycles. The Morgan fingerprint density at radius 3 is 2.68 bits per heavy atom. The van der Waals surface area contributed by atoms with Gasteiger partial charge in [0, 0.05) is 16.2 Å². The first-order valence-electron chi connectivity index (χ1n) is 5.14. The van der Waals surface area contributed by atoms with Gasteiger partial charge in [-0.15, -0.1) is 0 Å². The molecule has 0 aliphatic heterocycles. The molecule has 0 unspecified atom stereocenters. The lowest BCUT2D eigenvalue weighted by atomic mass is 10.3. The summed E-state index contributed by atoms with van der Waals surface area (Å²) in [7, 11) is 0. The SMILES string of the molecule is Cc1cc(Oc2cc(Br)cc(F)c2F)nc(NN)n1. The summed E-state index contributed by atoms with van der Waals surface area (Å²) in [6, 6.07) is 3.77. The van der Waals surface area contributed by atoms with E-state index in [0.717, 1.165) is 6.07 Å². The van der Waals surface area contributed by atoms with Crippen molar-refractivity contribution < 1.29 is 13.5 Å². The molecule has 0 saturated carbocycles. The second kappa shape index (κ2) is 5.45. The maximum atomic E-state index is 13.5. The van der Waals surface area contributed by atoms with Crippen LogP contribution in [0, 0.1) is 18.6 Å². The second-order valence-electron chi connectivity index (χ2n) is 3.62. The number of nitrogens with zero attached hydrogens (tertiary/aromatic N) is 2. The maximum absolute atomic E-state index is 13.5. The predicted molar refractivity (Wildman–Crippen MR) is 68.7 cm³/mol. The largest absolute Gasteiger partial charge is 0.436 e. The van der Waals surface area contributed by atoms with Crippen molar-refractivity contribution in [2.24, 2.45) is 5.84 Å². The summed E-state index contributed by atoms with van der Waals surface area (Å²) in [4.78, 5) is 7.82. The highest BCUT2D eigenvalue weighted by Crippen LogP contribution is 2.29. The summed E-state index contributed by atoms with van der Waals surface area (Å²) in [5.74, 6) is 2.96. The Bertz CT molecular complexity index is 624. The smallest absolute Gasteiger partial charge is 0.240 e. The minimum absolute atomic E-state index is 0.0526. The molecule has 3 N–H and O–H groups in total. The van der Waals surface area contributed by atoms with Crippen molar-refractivity contribution in [2.75, 3.05) is 5.43 Å². The van der Waals surface area contributed by atoms with Crippen LogP contribution in [0.2, 0.25) is 0 Å². The van der Waals surface area contributed by atoms with Crippen LogP contribution in [0.15, 0.2) is 22.7 Å². The van der Waals surface area contributed by atoms with E-state index in [4.69, 9.17) is 10.6 Å². The molecule has 2 aromatic rings. The molecule has 0 spiro atoms. The van der Waals surface area contributed by atoms with Gasteiger partial charge in [0.05, 0.1) is 0 Å². The molecule has 0 aliphatic carbocycles. The van der Waals surface area contributed by atoms with E-state index in [1.807, 2.05) is 0 Å². The van der Waals surface area contributed by atoms with Crippen molar-refractivity contribution in [1.29, 1.82) is 0 Å². The number of nitrogens with two attached hydrogens (primary N) is 1. The van der Waals surface area contributed by atoms with E-state index >= 15 is 0 Å². The van der Waals surface area contributed by atoms with Crippen LogP contribution < -0.4 is 16.0 Å². The fraction of sp³-hybridized carbons (Fsp3) is 0.0909. The van der Waals surface area contributed by atoms with Gasteiger partial charge in [-0.2, -0.15) is 9.37 Å². The maximum Gasteiger partial charge on any atom is 0.240 e. The summed E-state index contributed by atoms with van der Waals surface area (Å²) < 4.78 is 32.3. The van der Waals surface area contributed by atoms with Crippen molar-refractivity contribution in [3.05, 3.63) is 40.0 Å². The lowest BCUT2D eigenvalue weighted by Gasteiger charge is -2.08. The Morgan fingerprint density at radius 2 is 2.00 bits per heavy atom. The third-order valence-electron chi connectivity index (χ3n) is 2.13. The minimum atomic E-state index is -1.10. The van der Waals surface area contributed by atoms with E-state index in [9.17, 15) is 8.78 Å². The van der Waals surface area contributed by atoms with Crippen LogP contribution in [0.1, 0.15) is 5.69 Å². The number of nitrogen functional groups attached to an aromatic ring is 1. The number of hydrazine groups is 1. The van der Waals surface area contributed by atoms with E-state index in [-0.39, 0.29) is 17.6 Å². The third-order valence-corrected chi connectivity index (χ3v) is 2.59. The van der Waals surface area contributed by atoms with Crippen molar-refractivity contribution in [3.8, 4) is 11.6 Å². The Morgan fingerprint density at radius 1 is 1.26 bits per heavy atom. The van der Waals surface area contributed by atoms with Gasteiger partial charge in [0.15, 0.2) is 11.6 Å². The Balaban J connectivity index is 2.38. The summed E-state index contributed by atoms with van der Waals surface area (Å²) in [6.45, 7) is 1.69. The van der Waals surface area contributed by atoms with Crippen molar-refractivity contribution in [1.82, 2.24) is 9.97 Å². The Hall–Kier alpha value is -1.80. The number of anilines is 1. The fourth-order valence-electron chi connectivity index (χ4n) is 1.38. The number of aryl methyl sites for hydroxylation is 1. The number of hydrogen-bond acceptors (Lipinski definition) is 5. The molecule has 0 fully saturated rings. The third kappa shape index (κ3) is 3.15. The zero-order valence-corrected chi connectivity index (χ0v) is 11.3. The highest BCUT2D eigenvalue weighted by Gasteiger charge is 2.13. The van der Waals surface area contributed by atoms with Crippen LogP contribution in [0.25, 0.3) is 0 Å². The number of benzene rings is 1. The van der Waals surface area contributed by atoms with Gasteiger partial charge in [-0.25, -0.2) is 15.2 Å².